The molecule has 0 radical (unpaired) electrons. The predicted molar refractivity (Wildman–Crippen MR) is 148 cm³/mol. The molecule has 2 atom stereocenters. The number of rotatable bonds is 8. The summed E-state index contributed by atoms with van der Waals surface area (Å²) in [5.41, 5.74) is 3.57. The van der Waals surface area contributed by atoms with Crippen LogP contribution >= 0.6 is 11.6 Å². The smallest absolute Gasteiger partial charge is 0.255 e. The fourth-order valence-corrected chi connectivity index (χ4v) is 5.45. The first-order chi connectivity index (χ1) is 19.2. The summed E-state index contributed by atoms with van der Waals surface area (Å²) >= 11 is 6.48. The molecule has 0 saturated carbocycles. The molecular formula is C30H32ClFN4O4. The molecule has 2 aliphatic rings. The van der Waals surface area contributed by atoms with Crippen LogP contribution in [-0.2, 0) is 22.5 Å². The Morgan fingerprint density at radius 3 is 2.75 bits per heavy atom. The summed E-state index contributed by atoms with van der Waals surface area (Å²) in [5, 5.41) is 13.1. The zero-order valence-electron chi connectivity index (χ0n) is 22.5. The third kappa shape index (κ3) is 5.87. The second-order valence-corrected chi connectivity index (χ2v) is 10.9. The first-order valence-corrected chi connectivity index (χ1v) is 13.8. The highest BCUT2D eigenvalue weighted by molar-refractivity contribution is 6.32. The van der Waals surface area contributed by atoms with Gasteiger partial charge < -0.3 is 20.1 Å². The standard InChI is InChI=1S/C30H32ClFN4O4/c1-17-11-20(5-6-25(17)32)26(16-37)34-29(38)18(2)36-15-22-4-3-21(13-23(22)30(36)39)28-24(31)14-33-27(35-28)12-19-7-9-40-10-8-19/h3-6,11,13-14,18-19,26,37H,7-10,12,15-16H2,1-2H3,(H,34,38)/t18-,26-/m1/s1. The van der Waals surface area contributed by atoms with Gasteiger partial charge in [0.05, 0.1) is 23.4 Å². The van der Waals surface area contributed by atoms with Gasteiger partial charge >= 0.3 is 0 Å². The molecule has 2 N–H and O–H groups in total. The number of amides is 2. The summed E-state index contributed by atoms with van der Waals surface area (Å²) < 4.78 is 19.1. The highest BCUT2D eigenvalue weighted by Crippen LogP contribution is 2.32. The van der Waals surface area contributed by atoms with Crippen molar-refractivity contribution in [3.05, 3.63) is 81.5 Å². The van der Waals surface area contributed by atoms with Gasteiger partial charge in [-0.1, -0.05) is 35.9 Å². The van der Waals surface area contributed by atoms with Crippen molar-refractivity contribution in [2.75, 3.05) is 19.8 Å². The Bertz CT molecular complexity index is 1430. The van der Waals surface area contributed by atoms with Crippen molar-refractivity contribution >= 4 is 23.4 Å². The number of carbonyl (C=O) groups is 2. The fourth-order valence-electron chi connectivity index (χ4n) is 5.25. The minimum atomic E-state index is -0.798. The largest absolute Gasteiger partial charge is 0.394 e. The number of benzene rings is 2. The maximum Gasteiger partial charge on any atom is 0.255 e. The maximum atomic E-state index is 13.7. The molecule has 0 bridgehead atoms. The average molecular weight is 567 g/mol. The lowest BCUT2D eigenvalue weighted by molar-refractivity contribution is -0.126. The van der Waals surface area contributed by atoms with E-state index in [1.807, 2.05) is 12.1 Å². The van der Waals surface area contributed by atoms with Crippen LogP contribution in [0.5, 0.6) is 0 Å². The maximum absolute atomic E-state index is 13.7. The molecule has 2 aliphatic heterocycles. The molecule has 210 valence electrons. The SMILES string of the molecule is Cc1cc([C@@H](CO)NC(=O)[C@@H](C)N2Cc3ccc(-c4nc(CC5CCOCC5)ncc4Cl)cc3C2=O)ccc1F. The second kappa shape index (κ2) is 12.0. The molecule has 2 amide bonds. The average Bonchev–Trinajstić information content (AvgIpc) is 3.29. The summed E-state index contributed by atoms with van der Waals surface area (Å²) in [6.07, 6.45) is 4.29. The van der Waals surface area contributed by atoms with E-state index in [-0.39, 0.29) is 24.9 Å². The predicted octanol–water partition coefficient (Wildman–Crippen LogP) is 4.41. The molecule has 1 aromatic heterocycles. The molecule has 1 saturated heterocycles. The molecular weight excluding hydrogens is 535 g/mol. The zero-order chi connectivity index (χ0) is 28.4. The number of fused-ring (bicyclic) bond motifs is 1. The molecule has 1 fully saturated rings. The van der Waals surface area contributed by atoms with Gasteiger partial charge in [0.15, 0.2) is 0 Å². The second-order valence-electron chi connectivity index (χ2n) is 10.5. The van der Waals surface area contributed by atoms with Crippen LogP contribution in [0.2, 0.25) is 5.02 Å². The topological polar surface area (TPSA) is 105 Å². The van der Waals surface area contributed by atoms with Gasteiger partial charge in [-0.3, -0.25) is 9.59 Å². The molecule has 0 unspecified atom stereocenters. The summed E-state index contributed by atoms with van der Waals surface area (Å²) in [4.78, 5) is 37.2. The minimum Gasteiger partial charge on any atom is -0.394 e. The lowest BCUT2D eigenvalue weighted by Gasteiger charge is -2.26. The summed E-state index contributed by atoms with van der Waals surface area (Å²) in [6, 6.07) is 8.41. The monoisotopic (exact) mass is 566 g/mol. The van der Waals surface area contributed by atoms with Crippen LogP contribution in [0.15, 0.2) is 42.6 Å². The Labute approximate surface area is 237 Å². The highest BCUT2D eigenvalue weighted by Gasteiger charge is 2.35. The number of aromatic nitrogens is 2. The fraction of sp³-hybridized carbons (Fsp3) is 0.400. The van der Waals surface area contributed by atoms with Crippen LogP contribution in [0.3, 0.4) is 0 Å². The van der Waals surface area contributed by atoms with E-state index < -0.39 is 18.0 Å². The van der Waals surface area contributed by atoms with Crippen LogP contribution in [0, 0.1) is 18.7 Å². The van der Waals surface area contributed by atoms with Crippen LogP contribution in [0.25, 0.3) is 11.3 Å². The first-order valence-electron chi connectivity index (χ1n) is 13.5. The van der Waals surface area contributed by atoms with Crippen molar-refractivity contribution in [3.63, 3.8) is 0 Å². The lowest BCUT2D eigenvalue weighted by Crippen LogP contribution is -2.46. The molecule has 40 heavy (non-hydrogen) atoms. The van der Waals surface area contributed by atoms with Crippen LogP contribution in [-0.4, -0.2) is 57.7 Å². The number of halogens is 2. The van der Waals surface area contributed by atoms with Crippen molar-refractivity contribution in [3.8, 4) is 11.3 Å². The molecule has 10 heteroatoms. The van der Waals surface area contributed by atoms with E-state index in [2.05, 4.69) is 10.3 Å². The molecule has 2 aromatic carbocycles. The highest BCUT2D eigenvalue weighted by atomic mass is 35.5. The Morgan fingerprint density at radius 1 is 1.25 bits per heavy atom. The number of ether oxygens (including phenoxy) is 1. The summed E-state index contributed by atoms with van der Waals surface area (Å²) in [5.74, 6) is 0.117. The van der Waals surface area contributed by atoms with Gasteiger partial charge in [0.1, 0.15) is 17.7 Å². The Hall–Kier alpha value is -3.40. The van der Waals surface area contributed by atoms with Gasteiger partial charge in [0.25, 0.3) is 5.91 Å². The van der Waals surface area contributed by atoms with E-state index in [0.717, 1.165) is 38.0 Å². The van der Waals surface area contributed by atoms with Crippen molar-refractivity contribution in [1.82, 2.24) is 20.2 Å². The van der Waals surface area contributed by atoms with Gasteiger partial charge in [0, 0.05) is 43.5 Å². The van der Waals surface area contributed by atoms with Crippen LogP contribution < -0.4 is 5.32 Å². The normalized spacial score (nSPS) is 17.0. The van der Waals surface area contributed by atoms with Crippen LogP contribution in [0.4, 0.5) is 4.39 Å². The third-order valence-electron chi connectivity index (χ3n) is 7.75. The number of aliphatic hydroxyl groups is 1. The molecule has 3 heterocycles. The lowest BCUT2D eigenvalue weighted by atomic mass is 9.96. The molecule has 5 rings (SSSR count). The summed E-state index contributed by atoms with van der Waals surface area (Å²) in [7, 11) is 0. The summed E-state index contributed by atoms with van der Waals surface area (Å²) in [6.45, 7) is 4.67. The zero-order valence-corrected chi connectivity index (χ0v) is 23.2. The number of carbonyl (C=O) groups excluding carboxylic acids is 2. The Kier molecular flexibility index (Phi) is 8.44. The molecule has 3 aromatic rings. The van der Waals surface area contributed by atoms with Gasteiger partial charge in [0.2, 0.25) is 5.91 Å². The third-order valence-corrected chi connectivity index (χ3v) is 8.03. The molecule has 0 spiro atoms. The first kappa shape index (κ1) is 28.1. The van der Waals surface area contributed by atoms with Gasteiger partial charge in [-0.25, -0.2) is 14.4 Å². The molecule has 0 aliphatic carbocycles. The van der Waals surface area contributed by atoms with Gasteiger partial charge in [-0.05, 0) is 61.4 Å². The van der Waals surface area contributed by atoms with E-state index in [4.69, 9.17) is 21.3 Å². The quantitative estimate of drug-likeness (QED) is 0.419. The van der Waals surface area contributed by atoms with Crippen molar-refractivity contribution in [2.45, 2.75) is 51.7 Å². The van der Waals surface area contributed by atoms with Crippen molar-refractivity contribution in [2.24, 2.45) is 5.92 Å². The number of hydrogen-bond acceptors (Lipinski definition) is 6. The minimum absolute atomic E-state index is 0.273. The van der Waals surface area contributed by atoms with Crippen LogP contribution in [0.1, 0.15) is 58.7 Å². The number of hydrogen-bond donors (Lipinski definition) is 2. The van der Waals surface area contributed by atoms with E-state index >= 15 is 0 Å². The van der Waals surface area contributed by atoms with Crippen molar-refractivity contribution in [1.29, 1.82) is 0 Å². The number of nitrogens with zero attached hydrogens (tertiary/aromatic N) is 3. The van der Waals surface area contributed by atoms with E-state index in [1.165, 1.54) is 17.0 Å². The van der Waals surface area contributed by atoms with Gasteiger partial charge in [-0.15, -0.1) is 0 Å². The number of aliphatic hydroxyl groups excluding tert-OH is 1. The number of aryl methyl sites for hydroxylation is 1. The van der Waals surface area contributed by atoms with Crippen molar-refractivity contribution < 1.29 is 23.8 Å². The van der Waals surface area contributed by atoms with E-state index in [9.17, 15) is 19.1 Å². The number of nitrogens with one attached hydrogen (secondary N) is 1. The Morgan fingerprint density at radius 2 is 2.02 bits per heavy atom. The molecule has 8 nitrogen and oxygen atoms in total. The van der Waals surface area contributed by atoms with E-state index in [0.29, 0.717) is 44.7 Å². The Balaban J connectivity index is 1.31. The van der Waals surface area contributed by atoms with E-state index in [1.54, 1.807) is 32.2 Å². The van der Waals surface area contributed by atoms with Gasteiger partial charge in [-0.2, -0.15) is 0 Å².